The largest absolute Gasteiger partial charge is 0.481 e. The van der Waals surface area contributed by atoms with Crippen molar-refractivity contribution >= 4 is 5.97 Å². The molecule has 1 unspecified atom stereocenters. The van der Waals surface area contributed by atoms with Crippen LogP contribution in [0, 0.1) is 5.92 Å². The number of aliphatic carboxylic acids is 1. The first kappa shape index (κ1) is 13.5. The van der Waals surface area contributed by atoms with Crippen LogP contribution in [0.15, 0.2) is 0 Å². The van der Waals surface area contributed by atoms with Crippen molar-refractivity contribution in [2.75, 3.05) is 13.1 Å². The van der Waals surface area contributed by atoms with Crippen LogP contribution in [0.2, 0.25) is 0 Å². The molecule has 0 spiro atoms. The van der Waals surface area contributed by atoms with E-state index in [2.05, 4.69) is 18.7 Å². The van der Waals surface area contributed by atoms with Crippen molar-refractivity contribution in [3.8, 4) is 0 Å². The molecule has 0 radical (unpaired) electrons. The maximum Gasteiger partial charge on any atom is 0.303 e. The van der Waals surface area contributed by atoms with Gasteiger partial charge in [0, 0.05) is 12.5 Å². The summed E-state index contributed by atoms with van der Waals surface area (Å²) in [5.74, 6) is 0.102. The van der Waals surface area contributed by atoms with Crippen molar-refractivity contribution in [3.05, 3.63) is 0 Å². The van der Waals surface area contributed by atoms with Crippen LogP contribution in [0.5, 0.6) is 0 Å². The van der Waals surface area contributed by atoms with E-state index in [0.29, 0.717) is 6.42 Å². The second kappa shape index (κ2) is 6.89. The van der Waals surface area contributed by atoms with Crippen LogP contribution in [0.3, 0.4) is 0 Å². The summed E-state index contributed by atoms with van der Waals surface area (Å²) in [6.07, 6.45) is 6.11. The summed E-state index contributed by atoms with van der Waals surface area (Å²) in [5, 5.41) is 8.56. The van der Waals surface area contributed by atoms with Crippen molar-refractivity contribution in [2.45, 2.75) is 58.4 Å². The fourth-order valence-electron chi connectivity index (χ4n) is 2.59. The van der Waals surface area contributed by atoms with E-state index >= 15 is 0 Å². The van der Waals surface area contributed by atoms with Crippen LogP contribution in [0.25, 0.3) is 0 Å². The highest BCUT2D eigenvalue weighted by Crippen LogP contribution is 2.23. The van der Waals surface area contributed by atoms with Crippen molar-refractivity contribution in [2.24, 2.45) is 5.92 Å². The van der Waals surface area contributed by atoms with Gasteiger partial charge in [-0.25, -0.2) is 0 Å². The minimum Gasteiger partial charge on any atom is -0.481 e. The third kappa shape index (κ3) is 4.97. The van der Waals surface area contributed by atoms with Gasteiger partial charge >= 0.3 is 5.97 Å². The summed E-state index contributed by atoms with van der Waals surface area (Å²) in [5.41, 5.74) is 0. The van der Waals surface area contributed by atoms with E-state index in [1.807, 2.05) is 0 Å². The molecule has 0 saturated carbocycles. The molecular weight excluding hydrogens is 202 g/mol. The SMILES string of the molecule is CC(C)CC1CCCN1CCCCC(=O)O. The summed E-state index contributed by atoms with van der Waals surface area (Å²) in [4.78, 5) is 12.9. The van der Waals surface area contributed by atoms with E-state index in [0.717, 1.165) is 31.3 Å². The molecule has 1 aliphatic rings. The maximum atomic E-state index is 10.4. The molecule has 16 heavy (non-hydrogen) atoms. The minimum absolute atomic E-state index is 0.322. The van der Waals surface area contributed by atoms with E-state index in [1.165, 1.54) is 25.8 Å². The lowest BCUT2D eigenvalue weighted by molar-refractivity contribution is -0.137. The molecule has 1 saturated heterocycles. The normalized spacial score (nSPS) is 21.8. The predicted molar refractivity (Wildman–Crippen MR) is 65.5 cm³/mol. The van der Waals surface area contributed by atoms with E-state index < -0.39 is 5.97 Å². The van der Waals surface area contributed by atoms with Crippen molar-refractivity contribution in [1.29, 1.82) is 0 Å². The number of carboxylic acids is 1. The highest BCUT2D eigenvalue weighted by molar-refractivity contribution is 5.66. The van der Waals surface area contributed by atoms with Gasteiger partial charge in [0.2, 0.25) is 0 Å². The maximum absolute atomic E-state index is 10.4. The van der Waals surface area contributed by atoms with Gasteiger partial charge in [-0.2, -0.15) is 0 Å². The van der Waals surface area contributed by atoms with Gasteiger partial charge in [-0.15, -0.1) is 0 Å². The van der Waals surface area contributed by atoms with Crippen molar-refractivity contribution in [1.82, 2.24) is 4.90 Å². The van der Waals surface area contributed by atoms with Gasteiger partial charge in [-0.3, -0.25) is 4.79 Å². The summed E-state index contributed by atoms with van der Waals surface area (Å²) in [7, 11) is 0. The lowest BCUT2D eigenvalue weighted by Crippen LogP contribution is -2.31. The van der Waals surface area contributed by atoms with Crippen LogP contribution in [0.1, 0.15) is 52.4 Å². The van der Waals surface area contributed by atoms with Gasteiger partial charge in [-0.1, -0.05) is 13.8 Å². The first-order valence-electron chi connectivity index (χ1n) is 6.55. The molecule has 1 aliphatic heterocycles. The Labute approximate surface area is 98.8 Å². The molecule has 0 bridgehead atoms. The number of unbranched alkanes of at least 4 members (excludes halogenated alkanes) is 1. The third-order valence-electron chi connectivity index (χ3n) is 3.33. The number of hydrogen-bond acceptors (Lipinski definition) is 2. The Bertz CT molecular complexity index is 216. The zero-order valence-corrected chi connectivity index (χ0v) is 10.6. The van der Waals surface area contributed by atoms with Crippen LogP contribution in [-0.2, 0) is 4.79 Å². The standard InChI is InChI=1S/C13H25NO2/c1-11(2)10-12-6-5-9-14(12)8-4-3-7-13(15)16/h11-12H,3-10H2,1-2H3,(H,15,16). The highest BCUT2D eigenvalue weighted by atomic mass is 16.4. The van der Waals surface area contributed by atoms with Crippen LogP contribution >= 0.6 is 0 Å². The Morgan fingerprint density at radius 2 is 2.19 bits per heavy atom. The number of hydrogen-bond donors (Lipinski definition) is 1. The molecule has 3 heteroatoms. The zero-order valence-electron chi connectivity index (χ0n) is 10.6. The van der Waals surface area contributed by atoms with Gasteiger partial charge in [-0.05, 0) is 51.1 Å². The number of nitrogens with zero attached hydrogens (tertiary/aromatic N) is 1. The molecule has 94 valence electrons. The molecule has 0 aromatic carbocycles. The fraction of sp³-hybridized carbons (Fsp3) is 0.923. The van der Waals surface area contributed by atoms with E-state index in [-0.39, 0.29) is 0 Å². The lowest BCUT2D eigenvalue weighted by Gasteiger charge is -2.25. The number of carbonyl (C=O) groups is 1. The predicted octanol–water partition coefficient (Wildman–Crippen LogP) is 2.75. The minimum atomic E-state index is -0.667. The Hall–Kier alpha value is -0.570. The molecule has 1 rings (SSSR count). The van der Waals surface area contributed by atoms with Crippen molar-refractivity contribution < 1.29 is 9.90 Å². The van der Waals surface area contributed by atoms with Crippen LogP contribution in [-0.4, -0.2) is 35.1 Å². The average Bonchev–Trinajstić information content (AvgIpc) is 2.59. The molecule has 0 amide bonds. The molecule has 1 heterocycles. The Balaban J connectivity index is 2.17. The monoisotopic (exact) mass is 227 g/mol. The summed E-state index contributed by atoms with van der Waals surface area (Å²) < 4.78 is 0. The first-order valence-corrected chi connectivity index (χ1v) is 6.55. The highest BCUT2D eigenvalue weighted by Gasteiger charge is 2.24. The van der Waals surface area contributed by atoms with Crippen LogP contribution < -0.4 is 0 Å². The Kier molecular flexibility index (Phi) is 5.81. The van der Waals surface area contributed by atoms with E-state index in [1.54, 1.807) is 0 Å². The topological polar surface area (TPSA) is 40.5 Å². The average molecular weight is 227 g/mol. The fourth-order valence-corrected chi connectivity index (χ4v) is 2.59. The van der Waals surface area contributed by atoms with E-state index in [9.17, 15) is 4.79 Å². The van der Waals surface area contributed by atoms with Gasteiger partial charge in [0.05, 0.1) is 0 Å². The van der Waals surface area contributed by atoms with Gasteiger partial charge < -0.3 is 10.0 Å². The number of carboxylic acid groups (broad SMARTS) is 1. The second-order valence-electron chi connectivity index (χ2n) is 5.31. The van der Waals surface area contributed by atoms with Crippen LogP contribution in [0.4, 0.5) is 0 Å². The molecule has 1 fully saturated rings. The first-order chi connectivity index (χ1) is 7.59. The molecule has 0 aliphatic carbocycles. The van der Waals surface area contributed by atoms with Gasteiger partial charge in [0.15, 0.2) is 0 Å². The Morgan fingerprint density at radius 3 is 2.81 bits per heavy atom. The summed E-state index contributed by atoms with van der Waals surface area (Å²) in [6.45, 7) is 6.86. The lowest BCUT2D eigenvalue weighted by atomic mass is 10.0. The second-order valence-corrected chi connectivity index (χ2v) is 5.31. The summed E-state index contributed by atoms with van der Waals surface area (Å²) >= 11 is 0. The molecule has 1 atom stereocenters. The van der Waals surface area contributed by atoms with Gasteiger partial charge in [0.25, 0.3) is 0 Å². The Morgan fingerprint density at radius 1 is 1.44 bits per heavy atom. The number of rotatable bonds is 7. The zero-order chi connectivity index (χ0) is 12.0. The molecule has 0 aromatic heterocycles. The molecule has 3 nitrogen and oxygen atoms in total. The van der Waals surface area contributed by atoms with Crippen molar-refractivity contribution in [3.63, 3.8) is 0 Å². The smallest absolute Gasteiger partial charge is 0.303 e. The quantitative estimate of drug-likeness (QED) is 0.680. The molecule has 1 N–H and O–H groups in total. The van der Waals surface area contributed by atoms with Gasteiger partial charge in [0.1, 0.15) is 0 Å². The third-order valence-corrected chi connectivity index (χ3v) is 3.33. The summed E-state index contributed by atoms with van der Waals surface area (Å²) in [6, 6.07) is 0.754. The number of likely N-dealkylation sites (tertiary alicyclic amines) is 1. The van der Waals surface area contributed by atoms with E-state index in [4.69, 9.17) is 5.11 Å². The molecule has 0 aromatic rings. The molecular formula is C13H25NO2.